The second-order valence-electron chi connectivity index (χ2n) is 8.62. The van der Waals surface area contributed by atoms with Gasteiger partial charge in [0.1, 0.15) is 0 Å². The second kappa shape index (κ2) is 7.41. The van der Waals surface area contributed by atoms with Crippen molar-refractivity contribution in [3.05, 3.63) is 76.7 Å². The maximum atomic E-state index is 13.7. The van der Waals surface area contributed by atoms with Gasteiger partial charge in [-0.05, 0) is 56.0 Å². The van der Waals surface area contributed by atoms with Gasteiger partial charge in [-0.15, -0.1) is 0 Å². The smallest absolute Gasteiger partial charge is 0.254 e. The number of rotatable bonds is 2. The Morgan fingerprint density at radius 3 is 2.75 bits per heavy atom. The lowest BCUT2D eigenvalue weighted by molar-refractivity contribution is 0.0392. The van der Waals surface area contributed by atoms with Crippen molar-refractivity contribution in [2.45, 2.75) is 37.8 Å². The fourth-order valence-corrected chi connectivity index (χ4v) is 5.58. The summed E-state index contributed by atoms with van der Waals surface area (Å²) >= 11 is 6.27. The molecular formula is C25H22ClN5O. The SMILES string of the molecule is Cn1nc2c(c1-c1cccc(Cl)c1)C[C@@H]1CCC[C@H]2N1C(=O)c1ccc2nccnc2c1. The number of fused-ring (bicyclic) bond motifs is 5. The lowest BCUT2D eigenvalue weighted by atomic mass is 9.81. The standard InChI is InChI=1S/C25H22ClN5O/c1-30-24(15-4-2-5-17(26)12-15)19-14-18-6-3-7-22(23(19)29-30)31(18)25(32)16-8-9-20-21(13-16)28-11-10-27-20/h2,4-5,8-13,18,22H,3,6-7,14H2,1H3/t18-,22+/m0/s1. The number of hydrogen-bond acceptors (Lipinski definition) is 4. The average Bonchev–Trinajstić information content (AvgIpc) is 3.13. The zero-order valence-corrected chi connectivity index (χ0v) is 18.5. The largest absolute Gasteiger partial charge is 0.327 e. The van der Waals surface area contributed by atoms with Crippen LogP contribution in [0.1, 0.15) is 46.9 Å². The summed E-state index contributed by atoms with van der Waals surface area (Å²) < 4.78 is 1.95. The van der Waals surface area contributed by atoms with Crippen molar-refractivity contribution >= 4 is 28.5 Å². The van der Waals surface area contributed by atoms with Gasteiger partial charge in [0.2, 0.25) is 0 Å². The molecule has 0 N–H and O–H groups in total. The predicted octanol–water partition coefficient (Wildman–Crippen LogP) is 4.98. The van der Waals surface area contributed by atoms with E-state index in [1.807, 2.05) is 48.1 Å². The van der Waals surface area contributed by atoms with Crippen LogP contribution in [-0.2, 0) is 13.5 Å². The Hall–Kier alpha value is -3.25. The lowest BCUT2D eigenvalue weighted by Crippen LogP contribution is -2.49. The summed E-state index contributed by atoms with van der Waals surface area (Å²) in [5.74, 6) is 0.0489. The molecule has 2 aliphatic heterocycles. The van der Waals surface area contributed by atoms with E-state index in [-0.39, 0.29) is 18.0 Å². The fraction of sp³-hybridized carbons (Fsp3) is 0.280. The van der Waals surface area contributed by atoms with Gasteiger partial charge in [0.25, 0.3) is 5.91 Å². The maximum Gasteiger partial charge on any atom is 0.254 e. The van der Waals surface area contributed by atoms with Gasteiger partial charge in [0.15, 0.2) is 0 Å². The van der Waals surface area contributed by atoms with Gasteiger partial charge in [-0.3, -0.25) is 19.4 Å². The van der Waals surface area contributed by atoms with E-state index < -0.39 is 0 Å². The van der Waals surface area contributed by atoms with E-state index in [0.717, 1.165) is 53.7 Å². The number of benzene rings is 2. The normalized spacial score (nSPS) is 19.8. The molecule has 160 valence electrons. The molecule has 6 nitrogen and oxygen atoms in total. The first-order valence-electron chi connectivity index (χ1n) is 11.0. The molecule has 32 heavy (non-hydrogen) atoms. The molecule has 0 unspecified atom stereocenters. The third-order valence-electron chi connectivity index (χ3n) is 6.72. The van der Waals surface area contributed by atoms with Crippen molar-refractivity contribution in [1.29, 1.82) is 0 Å². The van der Waals surface area contributed by atoms with Gasteiger partial charge >= 0.3 is 0 Å². The molecule has 2 atom stereocenters. The maximum absolute atomic E-state index is 13.7. The molecule has 1 fully saturated rings. The van der Waals surface area contributed by atoms with E-state index in [4.69, 9.17) is 16.7 Å². The molecule has 6 rings (SSSR count). The van der Waals surface area contributed by atoms with E-state index in [1.165, 1.54) is 5.56 Å². The third-order valence-corrected chi connectivity index (χ3v) is 6.96. The zero-order valence-electron chi connectivity index (χ0n) is 17.7. The molecule has 2 aliphatic rings. The summed E-state index contributed by atoms with van der Waals surface area (Å²) in [7, 11) is 1.98. The molecule has 0 saturated carbocycles. The highest BCUT2D eigenvalue weighted by Crippen LogP contribution is 2.45. The molecule has 0 radical (unpaired) electrons. The molecule has 4 heterocycles. The summed E-state index contributed by atoms with van der Waals surface area (Å²) in [6.07, 6.45) is 7.15. The Labute approximate surface area is 190 Å². The summed E-state index contributed by atoms with van der Waals surface area (Å²) in [6.45, 7) is 0. The van der Waals surface area contributed by atoms with Crippen molar-refractivity contribution in [3.8, 4) is 11.3 Å². The van der Waals surface area contributed by atoms with Crippen LogP contribution in [0, 0.1) is 0 Å². The number of piperidine rings is 1. The highest BCUT2D eigenvalue weighted by atomic mass is 35.5. The van der Waals surface area contributed by atoms with E-state index in [0.29, 0.717) is 10.6 Å². The Balaban J connectivity index is 1.42. The van der Waals surface area contributed by atoms with E-state index in [2.05, 4.69) is 20.9 Å². The quantitative estimate of drug-likeness (QED) is 0.438. The van der Waals surface area contributed by atoms with Gasteiger partial charge in [-0.1, -0.05) is 23.7 Å². The molecule has 2 bridgehead atoms. The Morgan fingerprint density at radius 1 is 1.06 bits per heavy atom. The first-order valence-corrected chi connectivity index (χ1v) is 11.3. The molecule has 0 spiro atoms. The third kappa shape index (κ3) is 3.01. The molecule has 7 heteroatoms. The van der Waals surface area contributed by atoms with Crippen molar-refractivity contribution in [2.75, 3.05) is 0 Å². The van der Waals surface area contributed by atoms with Crippen molar-refractivity contribution in [2.24, 2.45) is 7.05 Å². The number of halogens is 1. The Kier molecular flexibility index (Phi) is 4.50. The predicted molar refractivity (Wildman–Crippen MR) is 123 cm³/mol. The van der Waals surface area contributed by atoms with Gasteiger partial charge in [-0.25, -0.2) is 0 Å². The zero-order chi connectivity index (χ0) is 21.8. The molecular weight excluding hydrogens is 422 g/mol. The summed E-state index contributed by atoms with van der Waals surface area (Å²) in [4.78, 5) is 24.5. The van der Waals surface area contributed by atoms with Crippen LogP contribution in [0.15, 0.2) is 54.9 Å². The van der Waals surface area contributed by atoms with Crippen LogP contribution in [0.2, 0.25) is 5.02 Å². The van der Waals surface area contributed by atoms with E-state index in [1.54, 1.807) is 12.4 Å². The molecule has 4 aromatic rings. The van der Waals surface area contributed by atoms with Crippen LogP contribution in [0.5, 0.6) is 0 Å². The number of carbonyl (C=O) groups excluding carboxylic acids is 1. The van der Waals surface area contributed by atoms with Gasteiger partial charge in [0.05, 0.1) is 28.5 Å². The first-order chi connectivity index (χ1) is 15.6. The van der Waals surface area contributed by atoms with Gasteiger partial charge < -0.3 is 4.90 Å². The molecule has 2 aromatic heterocycles. The summed E-state index contributed by atoms with van der Waals surface area (Å²) in [5, 5.41) is 5.62. The Morgan fingerprint density at radius 2 is 1.91 bits per heavy atom. The number of carbonyl (C=O) groups is 1. The summed E-state index contributed by atoms with van der Waals surface area (Å²) in [5.41, 5.74) is 6.63. The lowest BCUT2D eigenvalue weighted by Gasteiger charge is -2.45. The van der Waals surface area contributed by atoms with E-state index >= 15 is 0 Å². The Bertz CT molecular complexity index is 1360. The van der Waals surface area contributed by atoms with Crippen LogP contribution in [-0.4, -0.2) is 36.6 Å². The summed E-state index contributed by atoms with van der Waals surface area (Å²) in [6, 6.07) is 13.7. The molecule has 1 amide bonds. The monoisotopic (exact) mass is 443 g/mol. The van der Waals surface area contributed by atoms with Crippen LogP contribution in [0.3, 0.4) is 0 Å². The van der Waals surface area contributed by atoms with Gasteiger partial charge in [0, 0.05) is 47.2 Å². The average molecular weight is 444 g/mol. The fourth-order valence-electron chi connectivity index (χ4n) is 5.39. The minimum absolute atomic E-state index is 0.0123. The molecule has 1 saturated heterocycles. The van der Waals surface area contributed by atoms with Crippen LogP contribution in [0.25, 0.3) is 22.3 Å². The number of aromatic nitrogens is 4. The number of hydrogen-bond donors (Lipinski definition) is 0. The van der Waals surface area contributed by atoms with Crippen LogP contribution < -0.4 is 0 Å². The number of nitrogens with zero attached hydrogens (tertiary/aromatic N) is 5. The van der Waals surface area contributed by atoms with Crippen molar-refractivity contribution in [3.63, 3.8) is 0 Å². The minimum atomic E-state index is -0.0123. The highest BCUT2D eigenvalue weighted by molar-refractivity contribution is 6.30. The van der Waals surface area contributed by atoms with E-state index in [9.17, 15) is 4.79 Å². The van der Waals surface area contributed by atoms with Crippen molar-refractivity contribution in [1.82, 2.24) is 24.6 Å². The highest BCUT2D eigenvalue weighted by Gasteiger charge is 2.43. The van der Waals surface area contributed by atoms with Crippen LogP contribution >= 0.6 is 11.6 Å². The number of amides is 1. The topological polar surface area (TPSA) is 63.9 Å². The first kappa shape index (κ1) is 19.4. The number of aryl methyl sites for hydroxylation is 1. The molecule has 0 aliphatic carbocycles. The van der Waals surface area contributed by atoms with Crippen molar-refractivity contribution < 1.29 is 4.79 Å². The van der Waals surface area contributed by atoms with Crippen LogP contribution in [0.4, 0.5) is 0 Å². The van der Waals surface area contributed by atoms with Gasteiger partial charge in [-0.2, -0.15) is 5.10 Å². The molecule has 2 aromatic carbocycles. The second-order valence-corrected chi connectivity index (χ2v) is 9.06. The minimum Gasteiger partial charge on any atom is -0.327 e.